The number of carbonyl (C=O) groups excluding carboxylic acids is 1. The average Bonchev–Trinajstić information content (AvgIpc) is 3.06. The Balaban J connectivity index is 1.81. The van der Waals surface area contributed by atoms with Crippen molar-refractivity contribution < 1.29 is 26.8 Å². The fraction of sp³-hybridized carbons (Fsp3) is 0.0833. The lowest BCUT2D eigenvalue weighted by molar-refractivity contribution is -0.137. The topological polar surface area (TPSA) is 50.5 Å². The van der Waals surface area contributed by atoms with Crippen LogP contribution >= 0.6 is 11.6 Å². The first kappa shape index (κ1) is 21.2. The molecule has 0 saturated carbocycles. The highest BCUT2D eigenvalue weighted by atomic mass is 35.5. The van der Waals surface area contributed by atoms with E-state index in [1.54, 1.807) is 18.2 Å². The van der Waals surface area contributed by atoms with Crippen LogP contribution in [-0.4, -0.2) is 5.91 Å². The van der Waals surface area contributed by atoms with Gasteiger partial charge in [0.25, 0.3) is 5.91 Å². The number of amides is 1. The highest BCUT2D eigenvalue weighted by molar-refractivity contribution is 6.30. The second kappa shape index (κ2) is 7.45. The fourth-order valence-corrected chi connectivity index (χ4v) is 4.23. The van der Waals surface area contributed by atoms with Gasteiger partial charge in [0.2, 0.25) is 5.76 Å². The Morgan fingerprint density at radius 3 is 2.42 bits per heavy atom. The number of hydrogen-bond acceptors (Lipinski definition) is 3. The molecule has 1 amide bonds. The molecule has 0 spiro atoms. The molecule has 9 heteroatoms. The van der Waals surface area contributed by atoms with E-state index in [9.17, 15) is 27.2 Å². The average molecular weight is 474 g/mol. The maximum absolute atomic E-state index is 13.8. The summed E-state index contributed by atoms with van der Waals surface area (Å²) in [6.07, 6.45) is -4.64. The minimum absolute atomic E-state index is 0.00997. The van der Waals surface area contributed by atoms with Crippen molar-refractivity contribution in [3.05, 3.63) is 110 Å². The van der Waals surface area contributed by atoms with E-state index in [0.717, 1.165) is 29.2 Å². The zero-order chi connectivity index (χ0) is 23.5. The molecule has 0 fully saturated rings. The molecule has 1 aliphatic heterocycles. The van der Waals surface area contributed by atoms with Crippen molar-refractivity contribution in [1.29, 1.82) is 0 Å². The molecule has 4 nitrogen and oxygen atoms in total. The van der Waals surface area contributed by atoms with Gasteiger partial charge in [-0.25, -0.2) is 4.39 Å². The molecule has 0 N–H and O–H groups in total. The van der Waals surface area contributed by atoms with Crippen LogP contribution in [0.2, 0.25) is 5.02 Å². The highest BCUT2D eigenvalue weighted by Gasteiger charge is 2.44. The molecule has 3 aromatic carbocycles. The van der Waals surface area contributed by atoms with E-state index >= 15 is 0 Å². The van der Waals surface area contributed by atoms with Crippen LogP contribution in [0, 0.1) is 5.82 Å². The molecule has 0 saturated heterocycles. The number of benzene rings is 3. The Morgan fingerprint density at radius 1 is 0.939 bits per heavy atom. The van der Waals surface area contributed by atoms with Crippen LogP contribution < -0.4 is 10.3 Å². The van der Waals surface area contributed by atoms with Crippen LogP contribution in [0.4, 0.5) is 23.2 Å². The summed E-state index contributed by atoms with van der Waals surface area (Å²) in [5.41, 5.74) is -1.42. The number of hydrogen-bond donors (Lipinski definition) is 0. The molecule has 166 valence electrons. The van der Waals surface area contributed by atoms with Gasteiger partial charge < -0.3 is 4.42 Å². The number of halogens is 5. The van der Waals surface area contributed by atoms with E-state index in [0.29, 0.717) is 10.6 Å². The van der Waals surface area contributed by atoms with Crippen molar-refractivity contribution in [3.63, 3.8) is 0 Å². The predicted molar refractivity (Wildman–Crippen MR) is 114 cm³/mol. The number of anilines is 1. The summed E-state index contributed by atoms with van der Waals surface area (Å²) in [5.74, 6) is -1.78. The standard InChI is InChI=1S/C24H12ClF4NO3/c25-14-5-1-3-12(9-14)20-19-21(31)17-11-15(26)7-8-18(17)33-22(19)23(32)30(20)16-6-2-4-13(10-16)24(27,28)29/h1-11,20H. The lowest BCUT2D eigenvalue weighted by Crippen LogP contribution is -2.29. The van der Waals surface area contributed by atoms with E-state index in [4.69, 9.17) is 16.0 Å². The molecule has 0 radical (unpaired) electrons. The number of alkyl halides is 3. The van der Waals surface area contributed by atoms with Gasteiger partial charge in [0.1, 0.15) is 11.4 Å². The molecule has 1 atom stereocenters. The van der Waals surface area contributed by atoms with Gasteiger partial charge in [-0.15, -0.1) is 0 Å². The van der Waals surface area contributed by atoms with Crippen molar-refractivity contribution in [2.75, 3.05) is 4.90 Å². The Kier molecular flexibility index (Phi) is 4.79. The van der Waals surface area contributed by atoms with Crippen molar-refractivity contribution >= 4 is 34.2 Å². The monoisotopic (exact) mass is 473 g/mol. The van der Waals surface area contributed by atoms with E-state index in [1.165, 1.54) is 24.3 Å². The molecule has 1 aromatic heterocycles. The molecule has 2 heterocycles. The third-order valence-electron chi connectivity index (χ3n) is 5.45. The summed E-state index contributed by atoms with van der Waals surface area (Å²) < 4.78 is 59.6. The van der Waals surface area contributed by atoms with Crippen LogP contribution in [0.25, 0.3) is 11.0 Å². The fourth-order valence-electron chi connectivity index (χ4n) is 4.04. The first-order valence-corrected chi connectivity index (χ1v) is 10.1. The maximum atomic E-state index is 13.8. The lowest BCUT2D eigenvalue weighted by Gasteiger charge is -2.26. The first-order valence-electron chi connectivity index (χ1n) is 9.67. The SMILES string of the molecule is O=C1c2oc3ccc(F)cc3c(=O)c2C(c2cccc(Cl)c2)N1c1cccc(C(F)(F)F)c1. The van der Waals surface area contributed by atoms with Gasteiger partial charge in [-0.05, 0) is 54.1 Å². The van der Waals surface area contributed by atoms with Crippen molar-refractivity contribution in [3.8, 4) is 0 Å². The summed E-state index contributed by atoms with van der Waals surface area (Å²) >= 11 is 6.12. The normalized spacial score (nSPS) is 15.8. The summed E-state index contributed by atoms with van der Waals surface area (Å²) in [7, 11) is 0. The third kappa shape index (κ3) is 3.47. The second-order valence-electron chi connectivity index (χ2n) is 7.50. The van der Waals surface area contributed by atoms with Gasteiger partial charge in [0, 0.05) is 10.7 Å². The quantitative estimate of drug-likeness (QED) is 0.319. The number of carbonyl (C=O) groups is 1. The minimum Gasteiger partial charge on any atom is -0.450 e. The molecule has 1 unspecified atom stereocenters. The van der Waals surface area contributed by atoms with Gasteiger partial charge in [0.05, 0.1) is 22.6 Å². The van der Waals surface area contributed by atoms with Crippen molar-refractivity contribution in [1.82, 2.24) is 0 Å². The largest absolute Gasteiger partial charge is 0.450 e. The van der Waals surface area contributed by atoms with Crippen LogP contribution in [-0.2, 0) is 6.18 Å². The van der Waals surface area contributed by atoms with Gasteiger partial charge >= 0.3 is 6.18 Å². The van der Waals surface area contributed by atoms with E-state index in [-0.39, 0.29) is 28.0 Å². The Hall–Kier alpha value is -3.65. The highest BCUT2D eigenvalue weighted by Crippen LogP contribution is 2.43. The summed E-state index contributed by atoms with van der Waals surface area (Å²) in [6, 6.07) is 12.6. The smallest absolute Gasteiger partial charge is 0.416 e. The van der Waals surface area contributed by atoms with Crippen molar-refractivity contribution in [2.24, 2.45) is 0 Å². The molecular weight excluding hydrogens is 462 g/mol. The van der Waals surface area contributed by atoms with E-state index in [2.05, 4.69) is 0 Å². The van der Waals surface area contributed by atoms with Crippen molar-refractivity contribution in [2.45, 2.75) is 12.2 Å². The predicted octanol–water partition coefficient (Wildman–Crippen LogP) is 6.35. The zero-order valence-electron chi connectivity index (χ0n) is 16.5. The number of rotatable bonds is 2. The van der Waals surface area contributed by atoms with Crippen LogP contribution in [0.15, 0.2) is 75.9 Å². The van der Waals surface area contributed by atoms with E-state index in [1.807, 2.05) is 0 Å². The lowest BCUT2D eigenvalue weighted by atomic mass is 9.98. The van der Waals surface area contributed by atoms with Gasteiger partial charge in [-0.2, -0.15) is 13.2 Å². The Labute approximate surface area is 188 Å². The van der Waals surface area contributed by atoms with E-state index < -0.39 is 34.9 Å². The Morgan fingerprint density at radius 2 is 1.70 bits per heavy atom. The first-order chi connectivity index (χ1) is 15.6. The van der Waals surface area contributed by atoms with Crippen LogP contribution in [0.1, 0.15) is 33.3 Å². The minimum atomic E-state index is -4.64. The van der Waals surface area contributed by atoms with Crippen LogP contribution in [0.5, 0.6) is 0 Å². The number of nitrogens with zero attached hydrogens (tertiary/aromatic N) is 1. The van der Waals surface area contributed by atoms with Gasteiger partial charge in [-0.1, -0.05) is 29.8 Å². The van der Waals surface area contributed by atoms with Gasteiger partial charge in [0.15, 0.2) is 5.43 Å². The summed E-state index contributed by atoms with van der Waals surface area (Å²) in [4.78, 5) is 27.8. The molecule has 4 aromatic rings. The molecule has 0 aliphatic carbocycles. The zero-order valence-corrected chi connectivity index (χ0v) is 17.2. The second-order valence-corrected chi connectivity index (χ2v) is 7.93. The number of fused-ring (bicyclic) bond motifs is 2. The maximum Gasteiger partial charge on any atom is 0.416 e. The Bertz CT molecular complexity index is 1500. The summed E-state index contributed by atoms with van der Waals surface area (Å²) in [6.45, 7) is 0. The molecule has 0 bridgehead atoms. The van der Waals surface area contributed by atoms with Crippen LogP contribution in [0.3, 0.4) is 0 Å². The molecule has 1 aliphatic rings. The van der Waals surface area contributed by atoms with Gasteiger partial charge in [-0.3, -0.25) is 14.5 Å². The molecular formula is C24H12ClF4NO3. The summed E-state index contributed by atoms with van der Waals surface area (Å²) in [5, 5.41) is 0.216. The third-order valence-corrected chi connectivity index (χ3v) is 5.68. The molecule has 5 rings (SSSR count). The molecule has 33 heavy (non-hydrogen) atoms.